The Morgan fingerprint density at radius 1 is 1.05 bits per heavy atom. The molecule has 1 unspecified atom stereocenters. The zero-order valence-electron chi connectivity index (χ0n) is 21.4. The lowest BCUT2D eigenvalue weighted by atomic mass is 9.76. The summed E-state index contributed by atoms with van der Waals surface area (Å²) in [6.07, 6.45) is 0.852. The maximum Gasteiger partial charge on any atom is 0.416 e. The Kier molecular flexibility index (Phi) is 8.90. The molecule has 1 fully saturated rings. The van der Waals surface area contributed by atoms with Crippen molar-refractivity contribution >= 4 is 23.4 Å². The van der Waals surface area contributed by atoms with Crippen molar-refractivity contribution in [2.24, 2.45) is 5.41 Å². The molecule has 0 bridgehead atoms. The molecule has 0 radical (unpaired) electrons. The summed E-state index contributed by atoms with van der Waals surface area (Å²) in [4.78, 5) is 40.5. The average Bonchev–Trinajstić information content (AvgIpc) is 2.90. The molecular formula is C28H31F3N4O4. The van der Waals surface area contributed by atoms with Gasteiger partial charge in [-0.1, -0.05) is 30.4 Å². The van der Waals surface area contributed by atoms with Crippen LogP contribution in [0.1, 0.15) is 35.2 Å². The van der Waals surface area contributed by atoms with Crippen LogP contribution in [0.25, 0.3) is 0 Å². The second-order valence-electron chi connectivity index (χ2n) is 9.72. The number of carbonyl (C=O) groups excluding carboxylic acids is 3. The van der Waals surface area contributed by atoms with Crippen molar-refractivity contribution in [3.8, 4) is 5.75 Å². The van der Waals surface area contributed by atoms with Gasteiger partial charge in [-0.05, 0) is 56.1 Å². The molecule has 2 heterocycles. The number of anilines is 1. The van der Waals surface area contributed by atoms with Crippen LogP contribution < -0.4 is 20.7 Å². The number of piperidine rings is 1. The van der Waals surface area contributed by atoms with Gasteiger partial charge in [0.1, 0.15) is 12.4 Å². The Bertz CT molecular complexity index is 1230. The molecule has 3 N–H and O–H groups in total. The first kappa shape index (κ1) is 28.2. The summed E-state index contributed by atoms with van der Waals surface area (Å²) in [5.74, 6) is -0.474. The standard InChI is InChI=1S/C28H31F3N4O4/c29-28(30,31)20-7-5-8-21(17-20)34-24(36)18-35-15-6-12-27(19-35)11-3-4-16-39-23-10-2-1-9-22(23)25(37)32-13-14-33-26(27)38/h1-5,7-10,17H,6,11-16,18-19H2,(H,32,37)(H,33,38)(H,34,36)/b4-3-. The minimum Gasteiger partial charge on any atom is -0.489 e. The van der Waals surface area contributed by atoms with Crippen LogP contribution in [0.15, 0.2) is 60.7 Å². The van der Waals surface area contributed by atoms with Crippen molar-refractivity contribution in [2.75, 3.05) is 44.6 Å². The number of hydrogen-bond donors (Lipinski definition) is 3. The Morgan fingerprint density at radius 2 is 1.85 bits per heavy atom. The Labute approximate surface area is 224 Å². The molecule has 2 aromatic carbocycles. The molecule has 1 spiro atoms. The number of amides is 3. The molecule has 0 saturated carbocycles. The highest BCUT2D eigenvalue weighted by Gasteiger charge is 2.41. The van der Waals surface area contributed by atoms with Crippen molar-refractivity contribution in [2.45, 2.75) is 25.4 Å². The fourth-order valence-corrected chi connectivity index (χ4v) is 4.91. The number of rotatable bonds is 3. The first-order chi connectivity index (χ1) is 18.7. The summed E-state index contributed by atoms with van der Waals surface area (Å²) in [6.45, 7) is 1.49. The van der Waals surface area contributed by atoms with E-state index in [1.54, 1.807) is 30.3 Å². The molecule has 1 atom stereocenters. The summed E-state index contributed by atoms with van der Waals surface area (Å²) < 4.78 is 44.8. The second-order valence-corrected chi connectivity index (χ2v) is 9.72. The number of nitrogens with one attached hydrogen (secondary N) is 3. The van der Waals surface area contributed by atoms with Crippen LogP contribution in [0.5, 0.6) is 5.75 Å². The molecule has 0 aliphatic carbocycles. The fraction of sp³-hybridized carbons (Fsp3) is 0.393. The van der Waals surface area contributed by atoms with Crippen LogP contribution >= 0.6 is 0 Å². The molecule has 1 saturated heterocycles. The summed E-state index contributed by atoms with van der Waals surface area (Å²) in [5.41, 5.74) is -1.18. The van der Waals surface area contributed by atoms with E-state index in [1.165, 1.54) is 12.1 Å². The average molecular weight is 545 g/mol. The van der Waals surface area contributed by atoms with Crippen molar-refractivity contribution in [1.82, 2.24) is 15.5 Å². The van der Waals surface area contributed by atoms with E-state index >= 15 is 0 Å². The summed E-state index contributed by atoms with van der Waals surface area (Å²) >= 11 is 0. The summed E-state index contributed by atoms with van der Waals surface area (Å²) in [5, 5.41) is 8.25. The van der Waals surface area contributed by atoms with Gasteiger partial charge in [-0.15, -0.1) is 0 Å². The first-order valence-electron chi connectivity index (χ1n) is 12.8. The highest BCUT2D eigenvalue weighted by molar-refractivity contribution is 5.97. The SMILES string of the molecule is O=C(CN1CCCC2(C/C=C\COc3ccccc3C(=O)NCCNC2=O)C1)Nc1cccc(C(F)(F)F)c1. The van der Waals surface area contributed by atoms with Crippen molar-refractivity contribution in [3.63, 3.8) is 0 Å². The molecule has 3 amide bonds. The molecule has 4 rings (SSSR count). The van der Waals surface area contributed by atoms with Crippen LogP contribution in [0.3, 0.4) is 0 Å². The number of carbonyl (C=O) groups is 3. The van der Waals surface area contributed by atoms with E-state index in [2.05, 4.69) is 16.0 Å². The van der Waals surface area contributed by atoms with Crippen molar-refractivity contribution in [3.05, 3.63) is 71.8 Å². The van der Waals surface area contributed by atoms with E-state index in [1.807, 2.05) is 11.0 Å². The molecule has 2 aromatic rings. The van der Waals surface area contributed by atoms with Gasteiger partial charge in [0.15, 0.2) is 0 Å². The van der Waals surface area contributed by atoms with E-state index in [-0.39, 0.29) is 43.7 Å². The normalized spacial score (nSPS) is 22.0. The molecule has 0 aromatic heterocycles. The van der Waals surface area contributed by atoms with Gasteiger partial charge < -0.3 is 20.7 Å². The maximum atomic E-state index is 13.4. The highest BCUT2D eigenvalue weighted by atomic mass is 19.4. The number of fused-ring (bicyclic) bond motifs is 1. The minimum atomic E-state index is -4.51. The number of ether oxygens (including phenoxy) is 1. The minimum absolute atomic E-state index is 0.0591. The monoisotopic (exact) mass is 544 g/mol. The van der Waals surface area contributed by atoms with Gasteiger partial charge in [0, 0.05) is 25.3 Å². The number of nitrogens with zero attached hydrogens (tertiary/aromatic N) is 1. The highest BCUT2D eigenvalue weighted by Crippen LogP contribution is 2.35. The molecule has 2 aliphatic heterocycles. The van der Waals surface area contributed by atoms with E-state index < -0.39 is 23.1 Å². The van der Waals surface area contributed by atoms with Gasteiger partial charge >= 0.3 is 6.18 Å². The molecular weight excluding hydrogens is 513 g/mol. The quantitative estimate of drug-likeness (QED) is 0.513. The van der Waals surface area contributed by atoms with E-state index in [4.69, 9.17) is 4.74 Å². The number of hydrogen-bond acceptors (Lipinski definition) is 5. The van der Waals surface area contributed by atoms with Gasteiger partial charge in [0.25, 0.3) is 5.91 Å². The smallest absolute Gasteiger partial charge is 0.416 e. The van der Waals surface area contributed by atoms with Crippen LogP contribution in [0.4, 0.5) is 18.9 Å². The van der Waals surface area contributed by atoms with E-state index in [9.17, 15) is 27.6 Å². The molecule has 39 heavy (non-hydrogen) atoms. The predicted octanol–water partition coefficient (Wildman–Crippen LogP) is 3.61. The molecule has 208 valence electrons. The first-order valence-corrected chi connectivity index (χ1v) is 12.8. The summed E-state index contributed by atoms with van der Waals surface area (Å²) in [6, 6.07) is 11.4. The lowest BCUT2D eigenvalue weighted by Crippen LogP contribution is -2.53. The number of halogens is 3. The number of allylic oxidation sites excluding steroid dienone is 1. The van der Waals surface area contributed by atoms with Gasteiger partial charge in [0.05, 0.1) is 23.1 Å². The topological polar surface area (TPSA) is 99.8 Å². The molecule has 8 nitrogen and oxygen atoms in total. The Balaban J connectivity index is 1.43. The van der Waals surface area contributed by atoms with Crippen LogP contribution in [-0.2, 0) is 15.8 Å². The number of benzene rings is 2. The number of likely N-dealkylation sites (tertiary alicyclic amines) is 1. The third kappa shape index (κ3) is 7.38. The van der Waals surface area contributed by atoms with Crippen LogP contribution in [0.2, 0.25) is 0 Å². The lowest BCUT2D eigenvalue weighted by molar-refractivity contribution is -0.137. The van der Waals surface area contributed by atoms with Crippen molar-refractivity contribution in [1.29, 1.82) is 0 Å². The second kappa shape index (κ2) is 12.3. The molecule has 2 aliphatic rings. The van der Waals surface area contributed by atoms with E-state index in [0.29, 0.717) is 43.7 Å². The number of para-hydroxylation sites is 1. The fourth-order valence-electron chi connectivity index (χ4n) is 4.91. The summed E-state index contributed by atoms with van der Waals surface area (Å²) in [7, 11) is 0. The largest absolute Gasteiger partial charge is 0.489 e. The predicted molar refractivity (Wildman–Crippen MR) is 139 cm³/mol. The third-order valence-corrected chi connectivity index (χ3v) is 6.82. The lowest BCUT2D eigenvalue weighted by Gasteiger charge is -2.41. The van der Waals surface area contributed by atoms with Crippen molar-refractivity contribution < 1.29 is 32.3 Å². The van der Waals surface area contributed by atoms with Gasteiger partial charge in [-0.25, -0.2) is 0 Å². The zero-order chi connectivity index (χ0) is 27.9. The maximum absolute atomic E-state index is 13.4. The third-order valence-electron chi connectivity index (χ3n) is 6.82. The van der Waals surface area contributed by atoms with E-state index in [0.717, 1.165) is 12.1 Å². The van der Waals surface area contributed by atoms with Gasteiger partial charge in [-0.2, -0.15) is 13.2 Å². The van der Waals surface area contributed by atoms with Crippen LogP contribution in [-0.4, -0.2) is 62.0 Å². The zero-order valence-corrected chi connectivity index (χ0v) is 21.4. The van der Waals surface area contributed by atoms with Crippen LogP contribution in [0, 0.1) is 5.41 Å². The molecule has 11 heteroatoms. The van der Waals surface area contributed by atoms with Gasteiger partial charge in [0.2, 0.25) is 11.8 Å². The number of alkyl halides is 3. The Morgan fingerprint density at radius 3 is 2.67 bits per heavy atom. The van der Waals surface area contributed by atoms with Gasteiger partial charge in [-0.3, -0.25) is 19.3 Å². The Hall–Kier alpha value is -3.86.